The van der Waals surface area contributed by atoms with Crippen LogP contribution in [0.5, 0.6) is 0 Å². The molecule has 4 rings (SSSR count). The Morgan fingerprint density at radius 1 is 0.838 bits per heavy atom. The van der Waals surface area contributed by atoms with Crippen LogP contribution in [0.1, 0.15) is 16.7 Å². The van der Waals surface area contributed by atoms with E-state index in [0.717, 1.165) is 17.5 Å². The first-order valence-corrected chi connectivity index (χ1v) is 13.5. The van der Waals surface area contributed by atoms with E-state index in [1.807, 2.05) is 60.7 Å². The van der Waals surface area contributed by atoms with Crippen molar-refractivity contribution in [1.82, 2.24) is 9.29 Å². The molecule has 4 aromatic rings. The Bertz CT molecular complexity index is 1520. The van der Waals surface area contributed by atoms with Crippen molar-refractivity contribution < 1.29 is 8.42 Å². The van der Waals surface area contributed by atoms with Gasteiger partial charge in [0, 0.05) is 18.7 Å². The molecule has 0 spiro atoms. The van der Waals surface area contributed by atoms with E-state index in [0.29, 0.717) is 29.1 Å². The summed E-state index contributed by atoms with van der Waals surface area (Å²) in [6.45, 7) is 0.580. The summed E-state index contributed by atoms with van der Waals surface area (Å²) >= 11 is 0. The highest BCUT2D eigenvalue weighted by molar-refractivity contribution is 7.88. The predicted molar refractivity (Wildman–Crippen MR) is 148 cm³/mol. The molecule has 3 aromatic carbocycles. The highest BCUT2D eigenvalue weighted by Crippen LogP contribution is 2.20. The van der Waals surface area contributed by atoms with Crippen LogP contribution in [0.2, 0.25) is 0 Å². The molecule has 0 aliphatic heterocycles. The van der Waals surface area contributed by atoms with Gasteiger partial charge in [0.25, 0.3) is 5.56 Å². The molecular weight excluding hydrogens is 486 g/mol. The van der Waals surface area contributed by atoms with E-state index in [9.17, 15) is 13.2 Å². The maximum Gasteiger partial charge on any atom is 0.275 e. The van der Waals surface area contributed by atoms with Gasteiger partial charge in [-0.2, -0.15) is 0 Å². The van der Waals surface area contributed by atoms with Crippen molar-refractivity contribution >= 4 is 21.5 Å². The van der Waals surface area contributed by atoms with Gasteiger partial charge >= 0.3 is 0 Å². The molecule has 0 saturated heterocycles. The predicted octanol–water partition coefficient (Wildman–Crippen LogP) is 3.53. The van der Waals surface area contributed by atoms with E-state index in [1.165, 1.54) is 4.57 Å². The summed E-state index contributed by atoms with van der Waals surface area (Å²) < 4.78 is 29.9. The molecule has 0 amide bonds. The monoisotopic (exact) mass is 515 g/mol. The van der Waals surface area contributed by atoms with Gasteiger partial charge < -0.3 is 11.1 Å². The number of rotatable bonds is 11. The van der Waals surface area contributed by atoms with Gasteiger partial charge in [-0.3, -0.25) is 14.8 Å². The van der Waals surface area contributed by atoms with Crippen LogP contribution in [0.15, 0.2) is 102 Å². The number of amidine groups is 1. The first-order valence-electron chi connectivity index (χ1n) is 11.8. The number of nitrogen functional groups attached to an aromatic ring is 1. The van der Waals surface area contributed by atoms with Gasteiger partial charge in [-0.15, -0.1) is 0 Å². The Labute approximate surface area is 216 Å². The molecule has 9 heteroatoms. The molecule has 0 atom stereocenters. The van der Waals surface area contributed by atoms with E-state index in [1.54, 1.807) is 36.4 Å². The summed E-state index contributed by atoms with van der Waals surface area (Å²) in [6.07, 6.45) is 0.725. The van der Waals surface area contributed by atoms with Crippen LogP contribution in [0.3, 0.4) is 0 Å². The van der Waals surface area contributed by atoms with Gasteiger partial charge in [0.05, 0.1) is 5.69 Å². The number of pyridine rings is 1. The van der Waals surface area contributed by atoms with Crippen LogP contribution in [0, 0.1) is 5.41 Å². The van der Waals surface area contributed by atoms with Crippen LogP contribution < -0.4 is 21.3 Å². The second kappa shape index (κ2) is 11.7. The van der Waals surface area contributed by atoms with Crippen molar-refractivity contribution in [2.24, 2.45) is 5.73 Å². The number of nitrogens with one attached hydrogen (secondary N) is 3. The van der Waals surface area contributed by atoms with Gasteiger partial charge in [0.1, 0.15) is 17.4 Å². The lowest BCUT2D eigenvalue weighted by Crippen LogP contribution is -2.33. The SMILES string of the molecule is N=C(N)c1ccc(CNS(=O)(=O)Cn2c(-c3ccccc3)ccc(NCCc3ccccc3)c2=O)cc1. The molecular formula is C28H29N5O3S. The Hall–Kier alpha value is -4.21. The zero-order valence-electron chi connectivity index (χ0n) is 20.2. The fraction of sp³-hybridized carbons (Fsp3) is 0.143. The van der Waals surface area contributed by atoms with Gasteiger partial charge in [0.2, 0.25) is 10.0 Å². The quantitative estimate of drug-likeness (QED) is 0.179. The largest absolute Gasteiger partial charge is 0.384 e. The van der Waals surface area contributed by atoms with E-state index >= 15 is 0 Å². The second-order valence-electron chi connectivity index (χ2n) is 8.57. The average molecular weight is 516 g/mol. The Kier molecular flexibility index (Phi) is 8.17. The summed E-state index contributed by atoms with van der Waals surface area (Å²) in [5.74, 6) is -0.590. The number of nitrogens with zero attached hydrogens (tertiary/aromatic N) is 1. The fourth-order valence-electron chi connectivity index (χ4n) is 3.90. The van der Waals surface area contributed by atoms with Crippen LogP contribution in [-0.2, 0) is 28.9 Å². The van der Waals surface area contributed by atoms with Crippen LogP contribution in [0.4, 0.5) is 5.69 Å². The normalized spacial score (nSPS) is 11.2. The molecule has 8 nitrogen and oxygen atoms in total. The Balaban J connectivity index is 1.55. The zero-order chi connectivity index (χ0) is 26.3. The summed E-state index contributed by atoms with van der Waals surface area (Å²) in [4.78, 5) is 13.4. The van der Waals surface area contributed by atoms with E-state index in [2.05, 4.69) is 10.0 Å². The maximum absolute atomic E-state index is 13.4. The summed E-state index contributed by atoms with van der Waals surface area (Å²) in [6, 6.07) is 29.3. The van der Waals surface area contributed by atoms with Gasteiger partial charge in [-0.05, 0) is 35.2 Å². The smallest absolute Gasteiger partial charge is 0.275 e. The average Bonchev–Trinajstić information content (AvgIpc) is 2.91. The van der Waals surface area contributed by atoms with E-state index in [4.69, 9.17) is 11.1 Å². The molecule has 0 saturated carbocycles. The first-order chi connectivity index (χ1) is 17.8. The standard InChI is InChI=1S/C28H29N5O3S/c29-27(30)24-13-11-22(12-14-24)19-32-37(35,36)20-33-26(23-9-5-2-6-10-23)16-15-25(28(33)34)31-18-17-21-7-3-1-4-8-21/h1-16,31-32H,17-20H2,(H3,29,30). The third-order valence-corrected chi connectivity index (χ3v) is 7.06. The molecule has 37 heavy (non-hydrogen) atoms. The van der Waals surface area contributed by atoms with Crippen molar-refractivity contribution in [3.05, 3.63) is 124 Å². The number of aromatic nitrogens is 1. The molecule has 0 bridgehead atoms. The molecule has 0 radical (unpaired) electrons. The minimum absolute atomic E-state index is 0.0466. The molecule has 0 fully saturated rings. The zero-order valence-corrected chi connectivity index (χ0v) is 21.0. The third-order valence-electron chi connectivity index (χ3n) is 5.88. The molecule has 0 aliphatic rings. The molecule has 1 heterocycles. The summed E-state index contributed by atoms with van der Waals surface area (Å²) in [7, 11) is -3.87. The highest BCUT2D eigenvalue weighted by atomic mass is 32.2. The number of nitrogens with two attached hydrogens (primary N) is 1. The molecule has 1 aromatic heterocycles. The van der Waals surface area contributed by atoms with Crippen molar-refractivity contribution in [2.75, 3.05) is 11.9 Å². The minimum atomic E-state index is -3.87. The number of hydrogen-bond acceptors (Lipinski definition) is 5. The maximum atomic E-state index is 13.4. The molecule has 0 unspecified atom stereocenters. The van der Waals surface area contributed by atoms with Crippen molar-refractivity contribution in [3.8, 4) is 11.3 Å². The van der Waals surface area contributed by atoms with Crippen LogP contribution in [-0.4, -0.2) is 25.4 Å². The molecule has 190 valence electrons. The van der Waals surface area contributed by atoms with E-state index in [-0.39, 0.29) is 12.4 Å². The number of anilines is 1. The lowest BCUT2D eigenvalue weighted by atomic mass is 10.1. The topological polar surface area (TPSA) is 130 Å². The minimum Gasteiger partial charge on any atom is -0.384 e. The van der Waals surface area contributed by atoms with Crippen molar-refractivity contribution in [3.63, 3.8) is 0 Å². The number of sulfonamides is 1. The number of benzene rings is 3. The van der Waals surface area contributed by atoms with Crippen LogP contribution >= 0.6 is 0 Å². The Morgan fingerprint density at radius 2 is 1.49 bits per heavy atom. The van der Waals surface area contributed by atoms with Gasteiger partial charge in [0.15, 0.2) is 0 Å². The highest BCUT2D eigenvalue weighted by Gasteiger charge is 2.18. The van der Waals surface area contributed by atoms with E-state index < -0.39 is 21.5 Å². The fourth-order valence-corrected chi connectivity index (χ4v) is 4.97. The third kappa shape index (κ3) is 6.93. The lowest BCUT2D eigenvalue weighted by molar-refractivity contribution is 0.567. The van der Waals surface area contributed by atoms with Crippen molar-refractivity contribution in [2.45, 2.75) is 18.8 Å². The summed E-state index contributed by atoms with van der Waals surface area (Å²) in [5, 5.41) is 10.6. The lowest BCUT2D eigenvalue weighted by Gasteiger charge is -2.16. The number of hydrogen-bond donors (Lipinski definition) is 4. The second-order valence-corrected chi connectivity index (χ2v) is 10.3. The van der Waals surface area contributed by atoms with Crippen LogP contribution in [0.25, 0.3) is 11.3 Å². The molecule has 0 aliphatic carbocycles. The summed E-state index contributed by atoms with van der Waals surface area (Å²) in [5.41, 5.74) is 9.06. The first kappa shape index (κ1) is 25.9. The molecule has 5 N–H and O–H groups in total. The van der Waals surface area contributed by atoms with Gasteiger partial charge in [-0.25, -0.2) is 13.1 Å². The van der Waals surface area contributed by atoms with Gasteiger partial charge in [-0.1, -0.05) is 84.9 Å². The van der Waals surface area contributed by atoms with Crippen molar-refractivity contribution in [1.29, 1.82) is 5.41 Å². The Morgan fingerprint density at radius 3 is 2.14 bits per heavy atom.